The first-order chi connectivity index (χ1) is 13.9. The number of hydrazine groups is 1. The predicted molar refractivity (Wildman–Crippen MR) is 106 cm³/mol. The second kappa shape index (κ2) is 9.57. The largest absolute Gasteiger partial charge is 0.336 e. The Kier molecular flexibility index (Phi) is 6.89. The maximum Gasteiger partial charge on any atom is 0.256 e. The number of rotatable bonds is 5. The Morgan fingerprint density at radius 2 is 1.79 bits per heavy atom. The summed E-state index contributed by atoms with van der Waals surface area (Å²) in [4.78, 5) is 44.0. The lowest BCUT2D eigenvalue weighted by Gasteiger charge is -2.34. The average molecular weight is 419 g/mol. The monoisotopic (exact) mass is 419 g/mol. The van der Waals surface area contributed by atoms with Crippen LogP contribution in [0, 0.1) is 12.7 Å². The topological polar surface area (TPSA) is 94.6 Å². The van der Waals surface area contributed by atoms with Gasteiger partial charge in [-0.05, 0) is 19.1 Å². The lowest BCUT2D eigenvalue weighted by molar-refractivity contribution is -0.129. The van der Waals surface area contributed by atoms with Crippen LogP contribution in [0.2, 0.25) is 0 Å². The number of carbonyl (C=O) groups excluding carboxylic acids is 3. The Balaban J connectivity index is 1.39. The molecule has 1 aliphatic heterocycles. The Labute approximate surface area is 171 Å². The molecule has 10 heteroatoms. The predicted octanol–water partition coefficient (Wildman–Crippen LogP) is 0.739. The van der Waals surface area contributed by atoms with Gasteiger partial charge in [0.25, 0.3) is 11.8 Å². The van der Waals surface area contributed by atoms with Crippen LogP contribution in [-0.2, 0) is 16.0 Å². The summed E-state index contributed by atoms with van der Waals surface area (Å²) in [5.74, 6) is -1.57. The van der Waals surface area contributed by atoms with Crippen LogP contribution in [0.5, 0.6) is 0 Å². The van der Waals surface area contributed by atoms with E-state index in [2.05, 4.69) is 15.8 Å². The van der Waals surface area contributed by atoms with Crippen molar-refractivity contribution < 1.29 is 18.8 Å². The lowest BCUT2D eigenvalue weighted by atomic mass is 10.1. The molecular weight excluding hydrogens is 397 g/mol. The van der Waals surface area contributed by atoms with Crippen molar-refractivity contribution in [1.82, 2.24) is 25.6 Å². The number of thiazole rings is 1. The van der Waals surface area contributed by atoms with Crippen LogP contribution in [0.1, 0.15) is 21.1 Å². The standard InChI is InChI=1S/C19H22FN5O3S/c1-13-12-29-18(21-13)10-16(26)22-23-17(27)11-24-6-8-25(9-7-24)19(28)14-4-2-3-5-15(14)20/h2-5,12H,6-11H2,1H3,(H,22,26)(H,23,27). The summed E-state index contributed by atoms with van der Waals surface area (Å²) >= 11 is 1.39. The Morgan fingerprint density at radius 3 is 2.45 bits per heavy atom. The summed E-state index contributed by atoms with van der Waals surface area (Å²) in [5.41, 5.74) is 5.68. The molecule has 8 nitrogen and oxygen atoms in total. The van der Waals surface area contributed by atoms with E-state index < -0.39 is 5.82 Å². The van der Waals surface area contributed by atoms with Gasteiger partial charge in [-0.3, -0.25) is 30.1 Å². The normalized spacial score (nSPS) is 14.5. The zero-order valence-electron chi connectivity index (χ0n) is 16.0. The van der Waals surface area contributed by atoms with Crippen LogP contribution in [0.3, 0.4) is 0 Å². The molecule has 2 N–H and O–H groups in total. The first-order valence-electron chi connectivity index (χ1n) is 9.17. The van der Waals surface area contributed by atoms with Crippen molar-refractivity contribution in [1.29, 1.82) is 0 Å². The van der Waals surface area contributed by atoms with Gasteiger partial charge in [-0.1, -0.05) is 12.1 Å². The van der Waals surface area contributed by atoms with E-state index in [-0.39, 0.29) is 36.3 Å². The molecule has 3 rings (SSSR count). The molecule has 1 fully saturated rings. The van der Waals surface area contributed by atoms with Gasteiger partial charge in [0.15, 0.2) is 0 Å². The third-order valence-electron chi connectivity index (χ3n) is 4.45. The maximum absolute atomic E-state index is 13.8. The number of halogens is 1. The number of nitrogens with zero attached hydrogens (tertiary/aromatic N) is 3. The zero-order valence-corrected chi connectivity index (χ0v) is 16.8. The summed E-state index contributed by atoms with van der Waals surface area (Å²) in [6.45, 7) is 3.72. The van der Waals surface area contributed by atoms with Gasteiger partial charge in [0, 0.05) is 37.3 Å². The number of aromatic nitrogens is 1. The molecule has 2 aromatic rings. The van der Waals surface area contributed by atoms with Crippen LogP contribution in [0.4, 0.5) is 4.39 Å². The molecule has 2 heterocycles. The van der Waals surface area contributed by atoms with E-state index in [4.69, 9.17) is 0 Å². The smallest absolute Gasteiger partial charge is 0.256 e. The molecule has 0 radical (unpaired) electrons. The summed E-state index contributed by atoms with van der Waals surface area (Å²) < 4.78 is 13.8. The number of piperazine rings is 1. The average Bonchev–Trinajstić information content (AvgIpc) is 3.11. The second-order valence-electron chi connectivity index (χ2n) is 6.70. The molecule has 3 amide bonds. The quantitative estimate of drug-likeness (QED) is 0.697. The molecule has 0 bridgehead atoms. The molecule has 1 aromatic carbocycles. The molecule has 0 atom stereocenters. The van der Waals surface area contributed by atoms with Crippen LogP contribution >= 0.6 is 11.3 Å². The number of nitrogens with one attached hydrogen (secondary N) is 2. The van der Waals surface area contributed by atoms with Gasteiger partial charge in [-0.2, -0.15) is 0 Å². The van der Waals surface area contributed by atoms with Gasteiger partial charge < -0.3 is 4.90 Å². The number of hydrogen-bond donors (Lipinski definition) is 2. The van der Waals surface area contributed by atoms with E-state index in [1.54, 1.807) is 17.0 Å². The van der Waals surface area contributed by atoms with Gasteiger partial charge in [0.2, 0.25) is 5.91 Å². The van der Waals surface area contributed by atoms with E-state index in [0.29, 0.717) is 31.2 Å². The molecule has 1 aromatic heterocycles. The maximum atomic E-state index is 13.8. The summed E-state index contributed by atoms with van der Waals surface area (Å²) in [5, 5.41) is 2.54. The summed E-state index contributed by atoms with van der Waals surface area (Å²) in [7, 11) is 0. The highest BCUT2D eigenvalue weighted by atomic mass is 32.1. The molecule has 0 aliphatic carbocycles. The molecule has 29 heavy (non-hydrogen) atoms. The van der Waals surface area contributed by atoms with E-state index >= 15 is 0 Å². The van der Waals surface area contributed by atoms with Gasteiger partial charge >= 0.3 is 0 Å². The number of hydrogen-bond acceptors (Lipinski definition) is 6. The highest BCUT2D eigenvalue weighted by Gasteiger charge is 2.24. The van der Waals surface area contributed by atoms with Crippen LogP contribution in [0.15, 0.2) is 29.6 Å². The third kappa shape index (κ3) is 5.81. The zero-order chi connectivity index (χ0) is 20.8. The van der Waals surface area contributed by atoms with Crippen molar-refractivity contribution in [3.8, 4) is 0 Å². The molecule has 1 aliphatic rings. The molecular formula is C19H22FN5O3S. The van der Waals surface area contributed by atoms with Crippen molar-refractivity contribution in [3.63, 3.8) is 0 Å². The minimum absolute atomic E-state index is 0.0526. The Hall–Kier alpha value is -2.85. The van der Waals surface area contributed by atoms with Crippen molar-refractivity contribution in [3.05, 3.63) is 51.7 Å². The fraction of sp³-hybridized carbons (Fsp3) is 0.368. The van der Waals surface area contributed by atoms with Crippen molar-refractivity contribution in [2.24, 2.45) is 0 Å². The second-order valence-corrected chi connectivity index (χ2v) is 7.65. The van der Waals surface area contributed by atoms with Crippen LogP contribution < -0.4 is 10.9 Å². The number of amides is 3. The number of aryl methyl sites for hydroxylation is 1. The van der Waals surface area contributed by atoms with Crippen molar-refractivity contribution >= 4 is 29.1 Å². The van der Waals surface area contributed by atoms with Crippen molar-refractivity contribution in [2.45, 2.75) is 13.3 Å². The summed E-state index contributed by atoms with van der Waals surface area (Å²) in [6.07, 6.45) is 0.107. The lowest BCUT2D eigenvalue weighted by Crippen LogP contribution is -2.53. The highest BCUT2D eigenvalue weighted by molar-refractivity contribution is 7.09. The highest BCUT2D eigenvalue weighted by Crippen LogP contribution is 2.12. The van der Waals surface area contributed by atoms with Gasteiger partial charge in [-0.15, -0.1) is 11.3 Å². The molecule has 0 unspecified atom stereocenters. The van der Waals surface area contributed by atoms with Gasteiger partial charge in [0.1, 0.15) is 10.8 Å². The van der Waals surface area contributed by atoms with Crippen LogP contribution in [-0.4, -0.2) is 65.2 Å². The first-order valence-corrected chi connectivity index (χ1v) is 10.0. The first kappa shape index (κ1) is 20.9. The van der Waals surface area contributed by atoms with Crippen molar-refractivity contribution in [2.75, 3.05) is 32.7 Å². The molecule has 154 valence electrons. The van der Waals surface area contributed by atoms with E-state index in [9.17, 15) is 18.8 Å². The van der Waals surface area contributed by atoms with E-state index in [0.717, 1.165) is 5.69 Å². The molecule has 0 saturated carbocycles. The molecule has 1 saturated heterocycles. The minimum atomic E-state index is -0.539. The third-order valence-corrected chi connectivity index (χ3v) is 5.42. The Morgan fingerprint density at radius 1 is 1.10 bits per heavy atom. The fourth-order valence-electron chi connectivity index (χ4n) is 2.96. The van der Waals surface area contributed by atoms with E-state index in [1.165, 1.54) is 23.5 Å². The number of benzene rings is 1. The SMILES string of the molecule is Cc1csc(CC(=O)NNC(=O)CN2CCN(C(=O)c3ccccc3F)CC2)n1. The minimum Gasteiger partial charge on any atom is -0.336 e. The summed E-state index contributed by atoms with van der Waals surface area (Å²) in [6, 6.07) is 5.89. The van der Waals surface area contributed by atoms with E-state index in [1.807, 2.05) is 17.2 Å². The van der Waals surface area contributed by atoms with Crippen LogP contribution in [0.25, 0.3) is 0 Å². The fourth-order valence-corrected chi connectivity index (χ4v) is 3.73. The molecule has 0 spiro atoms. The van der Waals surface area contributed by atoms with Gasteiger partial charge in [0.05, 0.1) is 18.5 Å². The van der Waals surface area contributed by atoms with Gasteiger partial charge in [-0.25, -0.2) is 9.37 Å². The number of carbonyl (C=O) groups is 3. The Bertz CT molecular complexity index is 895.